The summed E-state index contributed by atoms with van der Waals surface area (Å²) in [5, 5.41) is 21.1. The normalized spacial score (nSPS) is 11.6. The molecule has 3 aromatic carbocycles. The predicted octanol–water partition coefficient (Wildman–Crippen LogP) is 3.83. The second kappa shape index (κ2) is 8.33. The number of halogens is 1. The van der Waals surface area contributed by atoms with Crippen LogP contribution in [-0.4, -0.2) is 44.7 Å². The minimum absolute atomic E-state index is 0.0126. The number of anilines is 1. The highest BCUT2D eigenvalue weighted by Crippen LogP contribution is 2.32. The van der Waals surface area contributed by atoms with E-state index in [9.17, 15) is 17.8 Å². The topological polar surface area (TPSA) is 164 Å². The molecular formula is C21H13ClN6O5S. The van der Waals surface area contributed by atoms with Crippen molar-refractivity contribution in [2.45, 2.75) is 4.90 Å². The summed E-state index contributed by atoms with van der Waals surface area (Å²) in [6, 6.07) is 15.5. The van der Waals surface area contributed by atoms with Gasteiger partial charge in [0.15, 0.2) is 11.3 Å². The molecule has 11 nitrogen and oxygen atoms in total. The van der Waals surface area contributed by atoms with Crippen LogP contribution in [0.15, 0.2) is 70.1 Å². The average Bonchev–Trinajstić information content (AvgIpc) is 3.49. The minimum Gasteiger partial charge on any atom is -0.355 e. The summed E-state index contributed by atoms with van der Waals surface area (Å²) in [5.74, 6) is -0.318. The molecule has 13 heteroatoms. The zero-order valence-corrected chi connectivity index (χ0v) is 18.5. The second-order valence-corrected chi connectivity index (χ2v) is 8.92. The number of carbonyl (C=O) groups excluding carboxylic acids is 1. The Balaban J connectivity index is 1.50. The van der Waals surface area contributed by atoms with Crippen LogP contribution in [-0.2, 0) is 10.1 Å². The molecule has 2 heterocycles. The standard InChI is InChI=1S/C21H13ClN6O5S/c22-12-6-8-16(15(10-12)20-24-27-28-25-20)23-21(29)19-14-7-5-11(9-17(14)33-26-19)13-3-1-2-4-18(13)34(30,31)32/h1-10H,(H,23,29)(H,30,31,32)(H,24,25,27,28). The molecular weight excluding hydrogens is 484 g/mol. The van der Waals surface area contributed by atoms with Gasteiger partial charge >= 0.3 is 0 Å². The molecule has 0 saturated carbocycles. The Morgan fingerprint density at radius 3 is 2.65 bits per heavy atom. The second-order valence-electron chi connectivity index (χ2n) is 7.09. The molecule has 0 atom stereocenters. The van der Waals surface area contributed by atoms with Gasteiger partial charge in [0.1, 0.15) is 4.90 Å². The van der Waals surface area contributed by atoms with Gasteiger partial charge in [0, 0.05) is 16.1 Å². The molecule has 170 valence electrons. The fraction of sp³-hybridized carbons (Fsp3) is 0. The molecule has 0 radical (unpaired) electrons. The van der Waals surface area contributed by atoms with Gasteiger partial charge in [-0.05, 0) is 47.2 Å². The van der Waals surface area contributed by atoms with Crippen molar-refractivity contribution in [1.82, 2.24) is 25.8 Å². The van der Waals surface area contributed by atoms with E-state index < -0.39 is 16.0 Å². The number of hydrogen-bond acceptors (Lipinski definition) is 8. The molecule has 0 unspecified atom stereocenters. The Morgan fingerprint density at radius 2 is 1.88 bits per heavy atom. The number of benzene rings is 3. The summed E-state index contributed by atoms with van der Waals surface area (Å²) in [6.07, 6.45) is 0. The van der Waals surface area contributed by atoms with Gasteiger partial charge in [0.05, 0.1) is 11.1 Å². The summed E-state index contributed by atoms with van der Waals surface area (Å²) >= 11 is 6.07. The largest absolute Gasteiger partial charge is 0.355 e. The lowest BCUT2D eigenvalue weighted by Crippen LogP contribution is -2.13. The molecule has 0 aliphatic rings. The van der Waals surface area contributed by atoms with E-state index in [0.29, 0.717) is 27.2 Å². The highest BCUT2D eigenvalue weighted by atomic mass is 35.5. The Hall–Kier alpha value is -4.13. The fourth-order valence-electron chi connectivity index (χ4n) is 3.47. The van der Waals surface area contributed by atoms with Crippen molar-refractivity contribution in [2.75, 3.05) is 5.32 Å². The van der Waals surface area contributed by atoms with Gasteiger partial charge in [-0.3, -0.25) is 9.35 Å². The van der Waals surface area contributed by atoms with Crippen molar-refractivity contribution in [3.05, 3.63) is 71.4 Å². The Bertz CT molecular complexity index is 1650. The van der Waals surface area contributed by atoms with Gasteiger partial charge in [0.2, 0.25) is 5.82 Å². The molecule has 5 rings (SSSR count). The van der Waals surface area contributed by atoms with Crippen molar-refractivity contribution >= 4 is 44.3 Å². The Kier molecular flexibility index (Phi) is 5.32. The number of hydrogen-bond donors (Lipinski definition) is 3. The zero-order valence-electron chi connectivity index (χ0n) is 16.9. The van der Waals surface area contributed by atoms with E-state index in [1.807, 2.05) is 0 Å². The summed E-state index contributed by atoms with van der Waals surface area (Å²) in [5.41, 5.74) is 1.83. The maximum absolute atomic E-state index is 13.0. The SMILES string of the molecule is O=C(Nc1ccc(Cl)cc1-c1nn[nH]n1)c1noc2cc(-c3ccccc3S(=O)(=O)O)ccc12. The van der Waals surface area contributed by atoms with Crippen LogP contribution in [0.1, 0.15) is 10.5 Å². The van der Waals surface area contributed by atoms with Crippen LogP contribution in [0.3, 0.4) is 0 Å². The van der Waals surface area contributed by atoms with Crippen LogP contribution < -0.4 is 5.32 Å². The monoisotopic (exact) mass is 496 g/mol. The first kappa shape index (κ1) is 21.7. The maximum Gasteiger partial charge on any atom is 0.295 e. The van der Waals surface area contributed by atoms with Gasteiger partial charge in [-0.2, -0.15) is 13.6 Å². The van der Waals surface area contributed by atoms with E-state index >= 15 is 0 Å². The van der Waals surface area contributed by atoms with Gasteiger partial charge in [-0.1, -0.05) is 41.0 Å². The Labute approximate surface area is 196 Å². The summed E-state index contributed by atoms with van der Waals surface area (Å²) < 4.78 is 38.3. The number of tetrazole rings is 1. The number of H-pyrrole nitrogens is 1. The van der Waals surface area contributed by atoms with Crippen molar-refractivity contribution in [3.8, 4) is 22.5 Å². The molecule has 34 heavy (non-hydrogen) atoms. The number of nitrogens with zero attached hydrogens (tertiary/aromatic N) is 4. The van der Waals surface area contributed by atoms with Crippen molar-refractivity contribution in [1.29, 1.82) is 0 Å². The van der Waals surface area contributed by atoms with Crippen LogP contribution in [0.2, 0.25) is 5.02 Å². The lowest BCUT2D eigenvalue weighted by Gasteiger charge is -2.08. The van der Waals surface area contributed by atoms with Crippen LogP contribution in [0, 0.1) is 0 Å². The molecule has 3 N–H and O–H groups in total. The van der Waals surface area contributed by atoms with E-state index in [1.54, 1.807) is 42.5 Å². The van der Waals surface area contributed by atoms with Gasteiger partial charge in [-0.25, -0.2) is 0 Å². The quantitative estimate of drug-likeness (QED) is 0.306. The molecule has 0 aliphatic heterocycles. The third-order valence-electron chi connectivity index (χ3n) is 4.98. The van der Waals surface area contributed by atoms with Gasteiger partial charge in [-0.15, -0.1) is 10.2 Å². The maximum atomic E-state index is 13.0. The number of rotatable bonds is 5. The summed E-state index contributed by atoms with van der Waals surface area (Å²) in [7, 11) is -4.44. The molecule has 0 bridgehead atoms. The average molecular weight is 497 g/mol. The first-order valence-corrected chi connectivity index (χ1v) is 11.4. The highest BCUT2D eigenvalue weighted by molar-refractivity contribution is 7.86. The molecule has 0 fully saturated rings. The van der Waals surface area contributed by atoms with Crippen LogP contribution in [0.25, 0.3) is 33.5 Å². The molecule has 0 spiro atoms. The van der Waals surface area contributed by atoms with Crippen LogP contribution in [0.5, 0.6) is 0 Å². The zero-order chi connectivity index (χ0) is 23.9. The highest BCUT2D eigenvalue weighted by Gasteiger charge is 2.21. The van der Waals surface area contributed by atoms with E-state index in [2.05, 4.69) is 31.1 Å². The number of aromatic amines is 1. The molecule has 2 aromatic heterocycles. The van der Waals surface area contributed by atoms with Gasteiger partial charge in [0.25, 0.3) is 16.0 Å². The number of amides is 1. The molecule has 5 aromatic rings. The molecule has 1 amide bonds. The number of nitrogens with one attached hydrogen (secondary N) is 2. The third kappa shape index (κ3) is 4.01. The predicted molar refractivity (Wildman–Crippen MR) is 122 cm³/mol. The summed E-state index contributed by atoms with van der Waals surface area (Å²) in [6.45, 7) is 0. The smallest absolute Gasteiger partial charge is 0.295 e. The van der Waals surface area contributed by atoms with Crippen molar-refractivity contribution < 1.29 is 22.3 Å². The fourth-order valence-corrected chi connectivity index (χ4v) is 4.35. The first-order valence-electron chi connectivity index (χ1n) is 9.62. The Morgan fingerprint density at radius 1 is 1.06 bits per heavy atom. The van der Waals surface area contributed by atoms with Crippen LogP contribution in [0.4, 0.5) is 5.69 Å². The first-order chi connectivity index (χ1) is 16.3. The number of fused-ring (bicyclic) bond motifs is 1. The summed E-state index contributed by atoms with van der Waals surface area (Å²) in [4.78, 5) is 12.7. The number of aromatic nitrogens is 5. The van der Waals surface area contributed by atoms with E-state index in [-0.39, 0.29) is 27.6 Å². The minimum atomic E-state index is -4.44. The lowest BCUT2D eigenvalue weighted by atomic mass is 10.0. The van der Waals surface area contributed by atoms with E-state index in [0.717, 1.165) is 0 Å². The molecule has 0 aliphatic carbocycles. The van der Waals surface area contributed by atoms with Gasteiger partial charge < -0.3 is 9.84 Å². The lowest BCUT2D eigenvalue weighted by molar-refractivity contribution is 0.102. The van der Waals surface area contributed by atoms with Crippen molar-refractivity contribution in [2.24, 2.45) is 0 Å². The third-order valence-corrected chi connectivity index (χ3v) is 6.13. The van der Waals surface area contributed by atoms with Crippen molar-refractivity contribution in [3.63, 3.8) is 0 Å². The van der Waals surface area contributed by atoms with E-state index in [4.69, 9.17) is 16.1 Å². The number of carbonyl (C=O) groups is 1. The van der Waals surface area contributed by atoms with E-state index in [1.165, 1.54) is 18.2 Å². The molecule has 0 saturated heterocycles. The van der Waals surface area contributed by atoms with Crippen LogP contribution >= 0.6 is 11.6 Å².